The predicted molar refractivity (Wildman–Crippen MR) is 35.0 cm³/mol. The summed E-state index contributed by atoms with van der Waals surface area (Å²) < 4.78 is 0. The molecule has 1 heterocycles. The average molecular weight is 213 g/mol. The van der Waals surface area contributed by atoms with Gasteiger partial charge in [-0.05, 0) is 0 Å². The minimum Gasteiger partial charge on any atom is -0.548 e. The number of nitrogens with one attached hydrogen (secondary N) is 1. The van der Waals surface area contributed by atoms with Crippen molar-refractivity contribution in [1.82, 2.24) is 5.32 Å². The van der Waals surface area contributed by atoms with Crippen molar-refractivity contribution in [1.29, 1.82) is 0 Å². The predicted octanol–water partition coefficient (Wildman–Crippen LogP) is -7.68. The van der Waals surface area contributed by atoms with Gasteiger partial charge in [0.2, 0.25) is 0 Å². The molecule has 0 aliphatic carbocycles. The van der Waals surface area contributed by atoms with E-state index < -0.39 is 36.2 Å². The van der Waals surface area contributed by atoms with Gasteiger partial charge in [-0.1, -0.05) is 0 Å². The number of rotatable bonds is 1. The van der Waals surface area contributed by atoms with Crippen LogP contribution in [-0.4, -0.2) is 51.5 Å². The minimum absolute atomic E-state index is 0. The van der Waals surface area contributed by atoms with Gasteiger partial charge in [-0.2, -0.15) is 0 Å². The Labute approximate surface area is 101 Å². The number of aliphatic hydroxyl groups excluding tert-OH is 3. The monoisotopic (exact) mass is 213 g/mol. The SMILES string of the molecule is O=C1N[C@@H](C(=O)[O-])[C@@H](O)[C@H](O)[C@H]1O.[Na+]. The number of amides is 1. The van der Waals surface area contributed by atoms with Gasteiger partial charge in [0.05, 0.1) is 12.0 Å². The number of aliphatic hydroxyl groups is 3. The van der Waals surface area contributed by atoms with E-state index in [1.54, 1.807) is 5.32 Å². The summed E-state index contributed by atoms with van der Waals surface area (Å²) in [5.41, 5.74) is 0. The maximum absolute atomic E-state index is 10.7. The van der Waals surface area contributed by atoms with Gasteiger partial charge >= 0.3 is 29.6 Å². The molecule has 0 saturated carbocycles. The number of aliphatic carboxylic acids is 1. The Morgan fingerprint density at radius 1 is 1.29 bits per heavy atom. The molecular formula is C6H8NNaO6. The number of carboxylic acid groups (broad SMARTS) is 1. The first-order valence-electron chi connectivity index (χ1n) is 3.50. The van der Waals surface area contributed by atoms with E-state index in [2.05, 4.69) is 0 Å². The van der Waals surface area contributed by atoms with Crippen LogP contribution in [0.2, 0.25) is 0 Å². The Hall–Kier alpha value is -0.180. The summed E-state index contributed by atoms with van der Waals surface area (Å²) in [5.74, 6) is -2.76. The number of hydrogen-bond donors (Lipinski definition) is 4. The molecule has 0 aromatic carbocycles. The summed E-state index contributed by atoms with van der Waals surface area (Å²) >= 11 is 0. The van der Waals surface area contributed by atoms with Crippen LogP contribution in [0, 0.1) is 0 Å². The van der Waals surface area contributed by atoms with Crippen LogP contribution in [-0.2, 0) is 9.59 Å². The fourth-order valence-electron chi connectivity index (χ4n) is 1.06. The molecule has 0 aromatic heterocycles. The molecule has 0 aromatic rings. The van der Waals surface area contributed by atoms with Gasteiger partial charge in [-0.3, -0.25) is 4.79 Å². The summed E-state index contributed by atoms with van der Waals surface area (Å²) in [5, 5.41) is 39.0. The maximum Gasteiger partial charge on any atom is 1.00 e. The van der Waals surface area contributed by atoms with E-state index in [-0.39, 0.29) is 29.6 Å². The van der Waals surface area contributed by atoms with Crippen LogP contribution < -0.4 is 40.0 Å². The zero-order valence-electron chi connectivity index (χ0n) is 7.38. The molecular weight excluding hydrogens is 205 g/mol. The van der Waals surface area contributed by atoms with E-state index in [1.165, 1.54) is 0 Å². The van der Waals surface area contributed by atoms with E-state index in [1.807, 2.05) is 0 Å². The van der Waals surface area contributed by atoms with E-state index in [0.29, 0.717) is 0 Å². The number of carbonyl (C=O) groups excluding carboxylic acids is 2. The second kappa shape index (κ2) is 5.06. The normalized spacial score (nSPS) is 36.9. The van der Waals surface area contributed by atoms with Crippen molar-refractivity contribution < 1.29 is 59.6 Å². The zero-order valence-corrected chi connectivity index (χ0v) is 9.38. The van der Waals surface area contributed by atoms with Gasteiger partial charge in [0, 0.05) is 0 Å². The van der Waals surface area contributed by atoms with Crippen molar-refractivity contribution in [2.24, 2.45) is 0 Å². The van der Waals surface area contributed by atoms with Crippen LogP contribution >= 0.6 is 0 Å². The van der Waals surface area contributed by atoms with Crippen LogP contribution in [0.25, 0.3) is 0 Å². The molecule has 14 heavy (non-hydrogen) atoms. The first-order chi connectivity index (χ1) is 5.95. The molecule has 1 aliphatic heterocycles. The summed E-state index contributed by atoms with van der Waals surface area (Å²) in [6, 6.07) is -1.69. The maximum atomic E-state index is 10.7. The smallest absolute Gasteiger partial charge is 0.548 e. The standard InChI is InChI=1S/C6H9NO6.Na/c8-2-1(6(12)13)7-5(11)4(10)3(2)9;/h1-4,8-10H,(H,7,11)(H,12,13);/q;+1/p-1/t1-,2-,3+,4-;/m1./s1. The molecule has 74 valence electrons. The molecule has 1 amide bonds. The fraction of sp³-hybridized carbons (Fsp3) is 0.667. The van der Waals surface area contributed by atoms with Gasteiger partial charge in [0.1, 0.15) is 12.2 Å². The molecule has 0 unspecified atom stereocenters. The van der Waals surface area contributed by atoms with E-state index in [9.17, 15) is 14.7 Å². The first kappa shape index (κ1) is 13.8. The topological polar surface area (TPSA) is 130 Å². The summed E-state index contributed by atoms with van der Waals surface area (Å²) in [6.45, 7) is 0. The summed E-state index contributed by atoms with van der Waals surface area (Å²) in [7, 11) is 0. The van der Waals surface area contributed by atoms with Crippen LogP contribution in [0.1, 0.15) is 0 Å². The minimum atomic E-state index is -1.81. The molecule has 1 rings (SSSR count). The van der Waals surface area contributed by atoms with Crippen LogP contribution in [0.3, 0.4) is 0 Å². The second-order valence-corrected chi connectivity index (χ2v) is 2.73. The molecule has 4 atom stereocenters. The van der Waals surface area contributed by atoms with Crippen molar-refractivity contribution in [3.05, 3.63) is 0 Å². The van der Waals surface area contributed by atoms with Crippen molar-refractivity contribution in [3.8, 4) is 0 Å². The van der Waals surface area contributed by atoms with E-state index in [0.717, 1.165) is 0 Å². The quantitative estimate of drug-likeness (QED) is 0.320. The van der Waals surface area contributed by atoms with Gasteiger partial charge < -0.3 is 30.5 Å². The summed E-state index contributed by atoms with van der Waals surface area (Å²) in [6.07, 6.45) is -5.39. The largest absolute Gasteiger partial charge is 1.00 e. The van der Waals surface area contributed by atoms with Gasteiger partial charge in [0.15, 0.2) is 6.10 Å². The number of carbonyl (C=O) groups is 2. The van der Waals surface area contributed by atoms with Crippen molar-refractivity contribution >= 4 is 11.9 Å². The number of piperidine rings is 1. The van der Waals surface area contributed by atoms with Crippen molar-refractivity contribution in [2.75, 3.05) is 0 Å². The molecule has 1 fully saturated rings. The van der Waals surface area contributed by atoms with Crippen LogP contribution in [0.5, 0.6) is 0 Å². The van der Waals surface area contributed by atoms with Crippen molar-refractivity contribution in [3.63, 3.8) is 0 Å². The molecule has 1 saturated heterocycles. The van der Waals surface area contributed by atoms with Crippen LogP contribution in [0.15, 0.2) is 0 Å². The molecule has 0 bridgehead atoms. The third-order valence-corrected chi connectivity index (χ3v) is 1.84. The third-order valence-electron chi connectivity index (χ3n) is 1.84. The average Bonchev–Trinajstić information content (AvgIpc) is 2.07. The second-order valence-electron chi connectivity index (χ2n) is 2.73. The fourth-order valence-corrected chi connectivity index (χ4v) is 1.06. The van der Waals surface area contributed by atoms with Crippen LogP contribution in [0.4, 0.5) is 0 Å². The Bertz CT molecular complexity index is 246. The molecule has 1 aliphatic rings. The molecule has 4 N–H and O–H groups in total. The van der Waals surface area contributed by atoms with Gasteiger partial charge in [-0.25, -0.2) is 0 Å². The summed E-state index contributed by atoms with van der Waals surface area (Å²) in [4.78, 5) is 21.0. The molecule has 7 nitrogen and oxygen atoms in total. The Morgan fingerprint density at radius 2 is 1.79 bits per heavy atom. The Kier molecular flexibility index (Phi) is 4.99. The van der Waals surface area contributed by atoms with Gasteiger partial charge in [-0.15, -0.1) is 0 Å². The van der Waals surface area contributed by atoms with E-state index in [4.69, 9.17) is 15.3 Å². The first-order valence-corrected chi connectivity index (χ1v) is 3.50. The molecule has 0 radical (unpaired) electrons. The molecule has 0 spiro atoms. The molecule has 8 heteroatoms. The zero-order chi connectivity index (χ0) is 10.2. The number of carboxylic acids is 1. The van der Waals surface area contributed by atoms with Crippen molar-refractivity contribution in [2.45, 2.75) is 24.4 Å². The van der Waals surface area contributed by atoms with Gasteiger partial charge in [0.25, 0.3) is 5.91 Å². The Morgan fingerprint density at radius 3 is 2.21 bits per heavy atom. The Balaban J connectivity index is 0.00000169. The van der Waals surface area contributed by atoms with E-state index >= 15 is 0 Å². The number of hydrogen-bond acceptors (Lipinski definition) is 6. The third kappa shape index (κ3) is 2.44.